The Morgan fingerprint density at radius 2 is 1.15 bits per heavy atom. The molecule has 4 aliphatic carbocycles. The van der Waals surface area contributed by atoms with Gasteiger partial charge in [0.05, 0.1) is 17.1 Å². The van der Waals surface area contributed by atoms with Crippen molar-refractivity contribution in [2.75, 3.05) is 14.7 Å². The lowest BCUT2D eigenvalue weighted by molar-refractivity contribution is 0.0990. The van der Waals surface area contributed by atoms with Crippen molar-refractivity contribution in [3.05, 3.63) is 240 Å². The Hall–Kier alpha value is -8.58. The van der Waals surface area contributed by atoms with Crippen LogP contribution in [0.2, 0.25) is 0 Å². The van der Waals surface area contributed by atoms with E-state index in [1.807, 2.05) is 11.3 Å². The van der Waals surface area contributed by atoms with E-state index in [-0.39, 0.29) is 44.6 Å². The minimum absolute atomic E-state index is 0.0116. The van der Waals surface area contributed by atoms with Gasteiger partial charge >= 0.3 is 0 Å². The summed E-state index contributed by atoms with van der Waals surface area (Å²) in [6.45, 7) is 31.9. The predicted molar refractivity (Wildman–Crippen MR) is 401 cm³/mol. The predicted octanol–water partition coefficient (Wildman–Crippen LogP) is 23.1. The number of thiophene rings is 1. The quantitative estimate of drug-likeness (QED) is 0.155. The van der Waals surface area contributed by atoms with Crippen molar-refractivity contribution < 1.29 is 4.42 Å². The van der Waals surface area contributed by atoms with Crippen LogP contribution < -0.4 is 30.4 Å². The van der Waals surface area contributed by atoms with Crippen LogP contribution in [0.25, 0.3) is 54.3 Å². The first-order valence-electron chi connectivity index (χ1n) is 34.7. The summed E-state index contributed by atoms with van der Waals surface area (Å²) in [6.07, 6.45) is 6.04. The van der Waals surface area contributed by atoms with Gasteiger partial charge in [-0.2, -0.15) is 0 Å². The molecule has 18 rings (SSSR count). The molecule has 0 amide bonds. The van der Waals surface area contributed by atoms with Crippen LogP contribution >= 0.6 is 11.3 Å². The van der Waals surface area contributed by atoms with E-state index < -0.39 is 0 Å². The zero-order valence-corrected chi connectivity index (χ0v) is 57.8. The summed E-state index contributed by atoms with van der Waals surface area (Å²) < 4.78 is 10.0. The fraction of sp³-hybridized carbons (Fsp3) is 0.295. The van der Waals surface area contributed by atoms with E-state index in [1.54, 1.807) is 5.56 Å². The number of rotatable bonds is 6. The van der Waals surface area contributed by atoms with E-state index in [2.05, 4.69) is 311 Å². The molecule has 94 heavy (non-hydrogen) atoms. The van der Waals surface area contributed by atoms with Crippen LogP contribution in [0.5, 0.6) is 0 Å². The van der Waals surface area contributed by atoms with Crippen molar-refractivity contribution in [1.82, 2.24) is 0 Å². The molecule has 0 N–H and O–H groups in total. The van der Waals surface area contributed by atoms with Gasteiger partial charge in [0.15, 0.2) is 5.58 Å². The highest BCUT2D eigenvalue weighted by Gasteiger charge is 2.71. The van der Waals surface area contributed by atoms with Gasteiger partial charge in [0.2, 0.25) is 0 Å². The molecule has 2 fully saturated rings. The number of anilines is 9. The number of benzene rings is 10. The number of nitrogens with zero attached hydrogens (tertiary/aromatic N) is 3. The smallest absolute Gasteiger partial charge is 0.264 e. The van der Waals surface area contributed by atoms with Gasteiger partial charge < -0.3 is 19.1 Å². The lowest BCUT2D eigenvalue weighted by atomic mass is 9.36. The molecular formula is C88H84BN3OS. The first-order chi connectivity index (χ1) is 45.0. The van der Waals surface area contributed by atoms with Crippen molar-refractivity contribution in [2.24, 2.45) is 16.7 Å². The van der Waals surface area contributed by atoms with Gasteiger partial charge in [-0.05, 0) is 210 Å². The van der Waals surface area contributed by atoms with E-state index in [4.69, 9.17) is 4.42 Å². The largest absolute Gasteiger partial charge is 0.454 e. The second-order valence-corrected chi connectivity index (χ2v) is 34.0. The first-order valence-corrected chi connectivity index (χ1v) is 35.5. The average molecular weight is 1240 g/mol. The highest BCUT2D eigenvalue weighted by atomic mass is 32.1. The van der Waals surface area contributed by atoms with Gasteiger partial charge in [0.1, 0.15) is 5.58 Å². The van der Waals surface area contributed by atoms with Crippen LogP contribution in [0.1, 0.15) is 155 Å². The molecule has 2 bridgehead atoms. The molecular weight excluding hydrogens is 1160 g/mol. The molecule has 6 aliphatic rings. The highest BCUT2D eigenvalue weighted by molar-refractivity contribution is 7.33. The van der Waals surface area contributed by atoms with Gasteiger partial charge in [-0.15, -0.1) is 11.3 Å². The third-order valence-electron chi connectivity index (χ3n) is 24.9. The van der Waals surface area contributed by atoms with Gasteiger partial charge in [-0.1, -0.05) is 217 Å². The number of hydrogen-bond acceptors (Lipinski definition) is 5. The molecule has 1 spiro atoms. The number of hydrogen-bond donors (Lipinski definition) is 0. The zero-order chi connectivity index (χ0) is 64.5. The summed E-state index contributed by atoms with van der Waals surface area (Å²) in [5.41, 5.74) is 28.7. The second-order valence-electron chi connectivity index (χ2n) is 32.9. The van der Waals surface area contributed by atoms with Crippen molar-refractivity contribution in [3.63, 3.8) is 0 Å². The van der Waals surface area contributed by atoms with E-state index in [0.29, 0.717) is 5.92 Å². The van der Waals surface area contributed by atoms with Crippen LogP contribution in [0.3, 0.4) is 0 Å². The summed E-state index contributed by atoms with van der Waals surface area (Å²) >= 11 is 2.05. The molecule has 10 aromatic carbocycles. The van der Waals surface area contributed by atoms with E-state index >= 15 is 0 Å². The Bertz CT molecular complexity index is 5180. The standard InChI is InChI=1S/C88H84BN3OS/c1-82(2,3)54-34-36-57(37-35-54)90(71-31-21-18-26-60(71)53-24-15-14-16-25-53)59-39-41-70-73(49-59)92(72-32-23-29-64-63-28-19-22-33-76(63)93-80(64)72)75-47-56(83(4,5)6)46-74-78(75)89(70)81-79(65-50-68-69(51-77(65)94-81)85(9,10)45-44-84(68,7)8)91(74)58-38-40-62-61-27-17-20-30-66(61)88(67(62)48-58)52-55-42-43-87(88,13)86(55,11)12/h14-41,46-51,55H,42-45,52H2,1-13H3. The average Bonchev–Trinajstić information content (AvgIpc) is 1.43. The van der Waals surface area contributed by atoms with Crippen molar-refractivity contribution in [2.45, 2.75) is 149 Å². The molecule has 2 saturated carbocycles. The minimum atomic E-state index is -0.235. The maximum absolute atomic E-state index is 7.25. The summed E-state index contributed by atoms with van der Waals surface area (Å²) in [6, 6.07) is 80.0. The summed E-state index contributed by atoms with van der Waals surface area (Å²) in [5, 5.41) is 3.59. The Labute approximate surface area is 560 Å². The maximum atomic E-state index is 7.25. The number of para-hydroxylation sites is 3. The fourth-order valence-electron chi connectivity index (χ4n) is 19.2. The molecule has 0 radical (unpaired) electrons. The Kier molecular flexibility index (Phi) is 12.1. The molecule has 4 heterocycles. The van der Waals surface area contributed by atoms with Crippen LogP contribution in [0.15, 0.2) is 211 Å². The monoisotopic (exact) mass is 1240 g/mol. The lowest BCUT2D eigenvalue weighted by Gasteiger charge is -2.48. The lowest BCUT2D eigenvalue weighted by Crippen LogP contribution is -2.60. The number of furan rings is 1. The maximum Gasteiger partial charge on any atom is 0.264 e. The molecule has 6 heteroatoms. The third-order valence-corrected chi connectivity index (χ3v) is 26.1. The molecule has 4 nitrogen and oxygen atoms in total. The summed E-state index contributed by atoms with van der Waals surface area (Å²) in [7, 11) is 0. The Balaban J connectivity index is 0.956. The zero-order valence-electron chi connectivity index (χ0n) is 57.0. The molecule has 2 aromatic heterocycles. The van der Waals surface area contributed by atoms with Gasteiger partial charge in [-0.25, -0.2) is 0 Å². The van der Waals surface area contributed by atoms with E-state index in [0.717, 1.165) is 63.2 Å². The third kappa shape index (κ3) is 7.87. The molecule has 3 atom stereocenters. The van der Waals surface area contributed by atoms with E-state index in [1.165, 1.54) is 118 Å². The Morgan fingerprint density at radius 1 is 0.500 bits per heavy atom. The van der Waals surface area contributed by atoms with Crippen molar-refractivity contribution in [1.29, 1.82) is 0 Å². The Morgan fingerprint density at radius 3 is 1.87 bits per heavy atom. The molecule has 466 valence electrons. The minimum Gasteiger partial charge on any atom is -0.454 e. The van der Waals surface area contributed by atoms with Crippen LogP contribution in [0.4, 0.5) is 51.2 Å². The normalized spacial score (nSPS) is 20.8. The number of fused-ring (bicyclic) bond motifs is 18. The van der Waals surface area contributed by atoms with Crippen LogP contribution in [-0.2, 0) is 27.1 Å². The van der Waals surface area contributed by atoms with E-state index in [9.17, 15) is 0 Å². The van der Waals surface area contributed by atoms with Crippen LogP contribution in [-0.4, -0.2) is 6.71 Å². The van der Waals surface area contributed by atoms with Crippen molar-refractivity contribution in [3.8, 4) is 22.3 Å². The molecule has 3 unspecified atom stereocenters. The molecule has 2 aliphatic heterocycles. The molecule has 0 saturated heterocycles. The molecule has 12 aromatic rings. The van der Waals surface area contributed by atoms with Crippen molar-refractivity contribution >= 4 is 117 Å². The highest BCUT2D eigenvalue weighted by Crippen LogP contribution is 2.78. The SMILES string of the molecule is CC(C)(C)c1ccc(N(c2ccc3c(c2)N(c2cccc4c2oc2ccccc24)c2cc(C(C)(C)C)cc4c2B3c2sc3cc5c(cc3c2N4c2ccc3c(c2)C2(CC4CCC2(C)C4(C)C)c2ccccc2-3)C(C)(C)CCC5(C)C)c2ccccc2-c2ccccc2)cc1. The second kappa shape index (κ2) is 19.5. The van der Waals surface area contributed by atoms with Gasteiger partial charge in [0, 0.05) is 70.7 Å². The van der Waals surface area contributed by atoms with Gasteiger partial charge in [0.25, 0.3) is 6.71 Å². The topological polar surface area (TPSA) is 22.9 Å². The van der Waals surface area contributed by atoms with Gasteiger partial charge in [-0.3, -0.25) is 0 Å². The summed E-state index contributed by atoms with van der Waals surface area (Å²) in [4.78, 5) is 7.94. The first kappa shape index (κ1) is 58.0. The fourth-order valence-corrected chi connectivity index (χ4v) is 20.6. The summed E-state index contributed by atoms with van der Waals surface area (Å²) in [5.74, 6) is 0.653. The van der Waals surface area contributed by atoms with Crippen LogP contribution in [0, 0.1) is 16.7 Å².